The quantitative estimate of drug-likeness (QED) is 0.397. The van der Waals surface area contributed by atoms with Crippen molar-refractivity contribution in [3.8, 4) is 16.5 Å². The highest BCUT2D eigenvalue weighted by molar-refractivity contribution is 7.13. The van der Waals surface area contributed by atoms with Gasteiger partial charge in [-0.25, -0.2) is 4.98 Å². The van der Waals surface area contributed by atoms with Crippen LogP contribution in [0.3, 0.4) is 0 Å². The molecular formula is C18H15NO4S. The molecule has 0 fully saturated rings. The monoisotopic (exact) mass is 341 g/mol. The van der Waals surface area contributed by atoms with Gasteiger partial charge in [0.05, 0.1) is 12.1 Å². The van der Waals surface area contributed by atoms with E-state index in [2.05, 4.69) is 4.98 Å². The zero-order valence-corrected chi connectivity index (χ0v) is 14.1. The van der Waals surface area contributed by atoms with E-state index in [-0.39, 0.29) is 12.2 Å². The number of thiazole rings is 1. The van der Waals surface area contributed by atoms with Crippen molar-refractivity contribution in [1.82, 2.24) is 4.98 Å². The fourth-order valence-corrected chi connectivity index (χ4v) is 2.92. The van der Waals surface area contributed by atoms with E-state index >= 15 is 0 Å². The molecule has 0 saturated heterocycles. The Hall–Kier alpha value is -2.73. The molecule has 2 aromatic heterocycles. The molecule has 0 aliphatic rings. The summed E-state index contributed by atoms with van der Waals surface area (Å²) in [5.74, 6) is 1.34. The summed E-state index contributed by atoms with van der Waals surface area (Å²) in [5, 5.41) is 2.53. The van der Waals surface area contributed by atoms with E-state index in [1.54, 1.807) is 29.6 Å². The predicted octanol–water partition coefficient (Wildman–Crippen LogP) is 4.06. The van der Waals surface area contributed by atoms with E-state index in [1.165, 1.54) is 18.3 Å². The van der Waals surface area contributed by atoms with Crippen molar-refractivity contribution in [2.24, 2.45) is 0 Å². The van der Waals surface area contributed by atoms with Crippen molar-refractivity contribution in [2.45, 2.75) is 20.3 Å². The molecule has 0 aliphatic carbocycles. The number of esters is 1. The first kappa shape index (κ1) is 16.1. The average Bonchev–Trinajstić information content (AvgIpc) is 3.16. The number of nitrogens with zero attached hydrogens (tertiary/aromatic N) is 1. The maximum atomic E-state index is 12.0. The average molecular weight is 341 g/mol. The van der Waals surface area contributed by atoms with Crippen LogP contribution in [-0.2, 0) is 11.2 Å². The minimum atomic E-state index is -0.428. The molecule has 122 valence electrons. The molecule has 3 rings (SSSR count). The Balaban J connectivity index is 1.66. The Kier molecular flexibility index (Phi) is 4.57. The third-order valence-corrected chi connectivity index (χ3v) is 4.21. The van der Waals surface area contributed by atoms with Crippen molar-refractivity contribution in [3.05, 3.63) is 58.8 Å². The summed E-state index contributed by atoms with van der Waals surface area (Å²) in [6.07, 6.45) is 0.0560. The molecule has 0 aliphatic heterocycles. The van der Waals surface area contributed by atoms with Gasteiger partial charge in [0.2, 0.25) is 0 Å². The first-order valence-corrected chi connectivity index (χ1v) is 8.22. The topological polar surface area (TPSA) is 69.4 Å². The van der Waals surface area contributed by atoms with Gasteiger partial charge in [-0.15, -0.1) is 11.3 Å². The third kappa shape index (κ3) is 3.78. The Morgan fingerprint density at radius 2 is 2.08 bits per heavy atom. The highest BCUT2D eigenvalue weighted by Gasteiger charge is 2.13. The standard InChI is InChI=1S/C18H15NO4S/c1-11-6-7-16(22-11)18-19-14(10-24-18)9-17(21)23-15-5-3-4-13(8-15)12(2)20/h3-8,10H,9H2,1-2H3. The fourth-order valence-electron chi connectivity index (χ4n) is 2.14. The number of ether oxygens (including phenoxy) is 1. The van der Waals surface area contributed by atoms with Crippen LogP contribution in [0.25, 0.3) is 10.8 Å². The number of Topliss-reactive ketones (excluding diaryl/α,β-unsaturated/α-hetero) is 1. The first-order chi connectivity index (χ1) is 11.5. The number of hydrogen-bond donors (Lipinski definition) is 0. The van der Waals surface area contributed by atoms with Crippen LogP contribution in [0.15, 0.2) is 46.2 Å². The Morgan fingerprint density at radius 1 is 1.25 bits per heavy atom. The first-order valence-electron chi connectivity index (χ1n) is 7.34. The summed E-state index contributed by atoms with van der Waals surface area (Å²) in [4.78, 5) is 27.8. The molecule has 0 saturated carbocycles. The minimum absolute atomic E-state index is 0.0560. The number of aryl methyl sites for hydroxylation is 1. The van der Waals surface area contributed by atoms with Gasteiger partial charge in [0, 0.05) is 10.9 Å². The minimum Gasteiger partial charge on any atom is -0.459 e. The second-order valence-corrected chi connectivity index (χ2v) is 6.15. The molecular weight excluding hydrogens is 326 g/mol. The molecule has 0 bridgehead atoms. The smallest absolute Gasteiger partial charge is 0.317 e. The van der Waals surface area contributed by atoms with Crippen molar-refractivity contribution < 1.29 is 18.7 Å². The highest BCUT2D eigenvalue weighted by atomic mass is 32.1. The summed E-state index contributed by atoms with van der Waals surface area (Å²) >= 11 is 1.41. The highest BCUT2D eigenvalue weighted by Crippen LogP contribution is 2.26. The van der Waals surface area contributed by atoms with Gasteiger partial charge in [0.1, 0.15) is 11.5 Å². The summed E-state index contributed by atoms with van der Waals surface area (Å²) < 4.78 is 10.8. The molecule has 24 heavy (non-hydrogen) atoms. The number of ketones is 1. The molecule has 0 amide bonds. The van der Waals surface area contributed by atoms with Gasteiger partial charge in [-0.1, -0.05) is 12.1 Å². The number of benzene rings is 1. The van der Waals surface area contributed by atoms with Crippen molar-refractivity contribution in [1.29, 1.82) is 0 Å². The van der Waals surface area contributed by atoms with Crippen molar-refractivity contribution in [2.75, 3.05) is 0 Å². The largest absolute Gasteiger partial charge is 0.459 e. The Bertz CT molecular complexity index is 894. The molecule has 0 unspecified atom stereocenters. The Labute approximate surface area is 142 Å². The zero-order valence-electron chi connectivity index (χ0n) is 13.2. The second kappa shape index (κ2) is 6.80. The maximum Gasteiger partial charge on any atom is 0.317 e. The molecule has 5 nitrogen and oxygen atoms in total. The van der Waals surface area contributed by atoms with Gasteiger partial charge in [0.25, 0.3) is 0 Å². The van der Waals surface area contributed by atoms with Crippen molar-refractivity contribution >= 4 is 23.1 Å². The van der Waals surface area contributed by atoms with Crippen LogP contribution >= 0.6 is 11.3 Å². The normalized spacial score (nSPS) is 10.6. The van der Waals surface area contributed by atoms with Gasteiger partial charge in [-0.2, -0.15) is 0 Å². The third-order valence-electron chi connectivity index (χ3n) is 3.30. The molecule has 2 heterocycles. The molecule has 6 heteroatoms. The summed E-state index contributed by atoms with van der Waals surface area (Å²) in [6.45, 7) is 3.33. The SMILES string of the molecule is CC(=O)c1cccc(OC(=O)Cc2csc(-c3ccc(C)o3)n2)c1. The molecule has 0 radical (unpaired) electrons. The number of carbonyl (C=O) groups is 2. The van der Waals surface area contributed by atoms with E-state index in [0.717, 1.165) is 10.8 Å². The van der Waals surface area contributed by atoms with E-state index in [0.29, 0.717) is 22.8 Å². The summed E-state index contributed by atoms with van der Waals surface area (Å²) in [5.41, 5.74) is 1.13. The molecule has 0 N–H and O–H groups in total. The fraction of sp³-hybridized carbons (Fsp3) is 0.167. The van der Waals surface area contributed by atoms with Crippen molar-refractivity contribution in [3.63, 3.8) is 0 Å². The van der Waals surface area contributed by atoms with E-state index < -0.39 is 5.97 Å². The lowest BCUT2D eigenvalue weighted by Gasteiger charge is -2.04. The van der Waals surface area contributed by atoms with Gasteiger partial charge >= 0.3 is 5.97 Å². The van der Waals surface area contributed by atoms with Crippen LogP contribution in [0, 0.1) is 6.92 Å². The lowest BCUT2D eigenvalue weighted by molar-refractivity contribution is -0.133. The van der Waals surface area contributed by atoms with Crippen LogP contribution in [0.4, 0.5) is 0 Å². The molecule has 0 spiro atoms. The number of hydrogen-bond acceptors (Lipinski definition) is 6. The summed E-state index contributed by atoms with van der Waals surface area (Å²) in [7, 11) is 0. The number of furan rings is 1. The summed E-state index contributed by atoms with van der Waals surface area (Å²) in [6, 6.07) is 10.3. The number of rotatable bonds is 5. The number of carbonyl (C=O) groups excluding carboxylic acids is 2. The molecule has 0 atom stereocenters. The lowest BCUT2D eigenvalue weighted by atomic mass is 10.1. The van der Waals surface area contributed by atoms with Gasteiger partial charge < -0.3 is 9.15 Å². The van der Waals surface area contributed by atoms with E-state index in [9.17, 15) is 9.59 Å². The van der Waals surface area contributed by atoms with E-state index in [4.69, 9.17) is 9.15 Å². The van der Waals surface area contributed by atoms with E-state index in [1.807, 2.05) is 19.1 Å². The van der Waals surface area contributed by atoms with Gasteiger partial charge in [-0.05, 0) is 38.1 Å². The van der Waals surface area contributed by atoms with Gasteiger partial charge in [0.15, 0.2) is 16.6 Å². The molecule has 1 aromatic carbocycles. The van der Waals surface area contributed by atoms with Gasteiger partial charge in [-0.3, -0.25) is 9.59 Å². The van der Waals surface area contributed by atoms with Crippen LogP contribution in [0.1, 0.15) is 28.7 Å². The Morgan fingerprint density at radius 3 is 2.79 bits per heavy atom. The van der Waals surface area contributed by atoms with Crippen LogP contribution in [0.5, 0.6) is 5.75 Å². The second-order valence-electron chi connectivity index (χ2n) is 5.29. The van der Waals surface area contributed by atoms with Crippen LogP contribution in [0.2, 0.25) is 0 Å². The lowest BCUT2D eigenvalue weighted by Crippen LogP contribution is -2.11. The zero-order chi connectivity index (χ0) is 17.1. The number of aromatic nitrogens is 1. The predicted molar refractivity (Wildman–Crippen MR) is 90.3 cm³/mol. The van der Waals surface area contributed by atoms with Crippen LogP contribution in [-0.4, -0.2) is 16.7 Å². The maximum absolute atomic E-state index is 12.0. The van der Waals surface area contributed by atoms with Crippen LogP contribution < -0.4 is 4.74 Å². The molecule has 3 aromatic rings.